The fourth-order valence-electron chi connectivity index (χ4n) is 0.557. The number of allylic oxidation sites excluding steroid dienone is 1. The standard InChI is InChI=1S/C7H8O.C3H6.2C2H6/c1-8-7-5-3-2-4-6-7;1-3-2;2*1-2/h2-6H,1H3;3H,1H2,2H3;2*1-2H3. The Kier molecular flexibility index (Phi) is 29.7. The van der Waals surface area contributed by atoms with Gasteiger partial charge in [-0.1, -0.05) is 52.0 Å². The van der Waals surface area contributed by atoms with Gasteiger partial charge in [0.1, 0.15) is 5.75 Å². The van der Waals surface area contributed by atoms with Gasteiger partial charge in [0.05, 0.1) is 7.11 Å². The molecule has 0 heterocycles. The van der Waals surface area contributed by atoms with Crippen LogP contribution < -0.4 is 4.74 Å². The summed E-state index contributed by atoms with van der Waals surface area (Å²) < 4.78 is 4.91. The molecule has 1 heteroatoms. The number of hydrogen-bond donors (Lipinski definition) is 0. The Morgan fingerprint density at radius 1 is 1.00 bits per heavy atom. The average molecular weight is 210 g/mol. The van der Waals surface area contributed by atoms with E-state index in [1.807, 2.05) is 65.0 Å². The maximum Gasteiger partial charge on any atom is 0.118 e. The van der Waals surface area contributed by atoms with Crippen molar-refractivity contribution in [2.45, 2.75) is 34.6 Å². The molecule has 1 aromatic carbocycles. The third-order valence-electron chi connectivity index (χ3n) is 0.979. The molecule has 1 nitrogen and oxygen atoms in total. The molecule has 0 atom stereocenters. The monoisotopic (exact) mass is 210 g/mol. The number of rotatable bonds is 1. The predicted octanol–water partition coefficient (Wildman–Crippen LogP) is 4.94. The lowest BCUT2D eigenvalue weighted by Crippen LogP contribution is -1.78. The quantitative estimate of drug-likeness (QED) is 0.596. The topological polar surface area (TPSA) is 9.23 Å². The predicted molar refractivity (Wildman–Crippen MR) is 71.6 cm³/mol. The molecule has 0 N–H and O–H groups in total. The zero-order valence-corrected chi connectivity index (χ0v) is 11.1. The molecular weight excluding hydrogens is 184 g/mol. The average Bonchev–Trinajstić information content (AvgIpc) is 2.36. The summed E-state index contributed by atoms with van der Waals surface area (Å²) in [5.74, 6) is 0.910. The van der Waals surface area contributed by atoms with E-state index < -0.39 is 0 Å². The van der Waals surface area contributed by atoms with Crippen molar-refractivity contribution in [2.75, 3.05) is 7.11 Å². The van der Waals surface area contributed by atoms with Crippen LogP contribution in [0.2, 0.25) is 0 Å². The Balaban J connectivity index is -0.000000176. The minimum Gasteiger partial charge on any atom is -0.497 e. The summed E-state index contributed by atoms with van der Waals surface area (Å²) in [5.41, 5.74) is 0. The lowest BCUT2D eigenvalue weighted by Gasteiger charge is -1.93. The first-order chi connectivity index (χ1) is 7.35. The summed E-state index contributed by atoms with van der Waals surface area (Å²) >= 11 is 0. The minimum atomic E-state index is 0.910. The van der Waals surface area contributed by atoms with Gasteiger partial charge in [-0.25, -0.2) is 0 Å². The minimum absolute atomic E-state index is 0.910. The Hall–Kier alpha value is -1.24. The molecule has 0 radical (unpaired) electrons. The molecule has 88 valence electrons. The second-order valence-electron chi connectivity index (χ2n) is 1.93. The summed E-state index contributed by atoms with van der Waals surface area (Å²) in [6, 6.07) is 9.68. The molecule has 1 rings (SSSR count). The van der Waals surface area contributed by atoms with Crippen LogP contribution in [0, 0.1) is 0 Å². The molecule has 0 fully saturated rings. The van der Waals surface area contributed by atoms with Crippen LogP contribution in [0.3, 0.4) is 0 Å². The zero-order chi connectivity index (χ0) is 12.5. The van der Waals surface area contributed by atoms with E-state index in [-0.39, 0.29) is 0 Å². The number of para-hydroxylation sites is 1. The van der Waals surface area contributed by atoms with E-state index >= 15 is 0 Å². The third kappa shape index (κ3) is 19.3. The van der Waals surface area contributed by atoms with Crippen molar-refractivity contribution < 1.29 is 4.74 Å². The van der Waals surface area contributed by atoms with Crippen LogP contribution in [0.15, 0.2) is 43.0 Å². The van der Waals surface area contributed by atoms with Gasteiger partial charge in [-0.15, -0.1) is 6.58 Å². The molecule has 0 aliphatic rings. The fraction of sp³-hybridized carbons (Fsp3) is 0.429. The van der Waals surface area contributed by atoms with Crippen LogP contribution in [-0.2, 0) is 0 Å². The largest absolute Gasteiger partial charge is 0.497 e. The number of benzene rings is 1. The molecule has 1 aromatic rings. The molecule has 0 saturated carbocycles. The van der Waals surface area contributed by atoms with Crippen LogP contribution in [0.4, 0.5) is 0 Å². The highest BCUT2D eigenvalue weighted by Crippen LogP contribution is 2.05. The van der Waals surface area contributed by atoms with Crippen molar-refractivity contribution in [1.29, 1.82) is 0 Å². The Morgan fingerprint density at radius 3 is 1.53 bits per heavy atom. The van der Waals surface area contributed by atoms with Crippen molar-refractivity contribution in [3.05, 3.63) is 43.0 Å². The SMILES string of the molecule is C=CC.CC.CC.COc1ccccc1. The van der Waals surface area contributed by atoms with Gasteiger partial charge >= 0.3 is 0 Å². The first-order valence-corrected chi connectivity index (χ1v) is 5.51. The van der Waals surface area contributed by atoms with Crippen LogP contribution in [0.1, 0.15) is 34.6 Å². The van der Waals surface area contributed by atoms with E-state index in [1.54, 1.807) is 13.2 Å². The highest BCUT2D eigenvalue weighted by atomic mass is 16.5. The Bertz CT molecular complexity index is 180. The summed E-state index contributed by atoms with van der Waals surface area (Å²) in [6.07, 6.45) is 1.75. The molecule has 0 amide bonds. The molecule has 0 aliphatic heterocycles. The lowest BCUT2D eigenvalue weighted by molar-refractivity contribution is 0.415. The summed E-state index contributed by atoms with van der Waals surface area (Å²) in [6.45, 7) is 13.2. The van der Waals surface area contributed by atoms with Crippen LogP contribution in [-0.4, -0.2) is 7.11 Å². The summed E-state index contributed by atoms with van der Waals surface area (Å²) in [7, 11) is 1.66. The summed E-state index contributed by atoms with van der Waals surface area (Å²) in [4.78, 5) is 0. The second-order valence-corrected chi connectivity index (χ2v) is 1.93. The molecule has 0 bridgehead atoms. The normalized spacial score (nSPS) is 6.27. The molecule has 0 saturated heterocycles. The maximum absolute atomic E-state index is 4.91. The number of hydrogen-bond acceptors (Lipinski definition) is 1. The molecule has 0 aliphatic carbocycles. The van der Waals surface area contributed by atoms with Crippen molar-refractivity contribution in [3.63, 3.8) is 0 Å². The van der Waals surface area contributed by atoms with Gasteiger partial charge in [0.2, 0.25) is 0 Å². The van der Waals surface area contributed by atoms with Gasteiger partial charge in [0.15, 0.2) is 0 Å². The van der Waals surface area contributed by atoms with E-state index in [4.69, 9.17) is 4.74 Å². The van der Waals surface area contributed by atoms with Crippen LogP contribution >= 0.6 is 0 Å². The highest BCUT2D eigenvalue weighted by molar-refractivity contribution is 5.20. The van der Waals surface area contributed by atoms with E-state index in [0.717, 1.165) is 5.75 Å². The first-order valence-electron chi connectivity index (χ1n) is 5.51. The zero-order valence-electron chi connectivity index (χ0n) is 11.1. The third-order valence-corrected chi connectivity index (χ3v) is 0.979. The van der Waals surface area contributed by atoms with Crippen molar-refractivity contribution in [3.8, 4) is 5.75 Å². The van der Waals surface area contributed by atoms with E-state index in [1.165, 1.54) is 0 Å². The number of ether oxygens (including phenoxy) is 1. The van der Waals surface area contributed by atoms with Gasteiger partial charge in [-0.05, 0) is 19.1 Å². The first kappa shape index (κ1) is 19.4. The van der Waals surface area contributed by atoms with Gasteiger partial charge in [-0.2, -0.15) is 0 Å². The van der Waals surface area contributed by atoms with Crippen molar-refractivity contribution >= 4 is 0 Å². The van der Waals surface area contributed by atoms with Crippen molar-refractivity contribution in [1.82, 2.24) is 0 Å². The van der Waals surface area contributed by atoms with Gasteiger partial charge in [-0.3, -0.25) is 0 Å². The van der Waals surface area contributed by atoms with Crippen LogP contribution in [0.5, 0.6) is 5.75 Å². The maximum atomic E-state index is 4.91. The second kappa shape index (κ2) is 23.0. The molecule has 15 heavy (non-hydrogen) atoms. The fourth-order valence-corrected chi connectivity index (χ4v) is 0.557. The van der Waals surface area contributed by atoms with Gasteiger partial charge in [0, 0.05) is 0 Å². The Morgan fingerprint density at radius 2 is 1.33 bits per heavy atom. The molecular formula is C14H26O. The highest BCUT2D eigenvalue weighted by Gasteiger charge is 1.80. The lowest BCUT2D eigenvalue weighted by atomic mass is 10.3. The Labute approximate surface area is 95.8 Å². The molecule has 0 unspecified atom stereocenters. The molecule has 0 aromatic heterocycles. The van der Waals surface area contributed by atoms with E-state index in [2.05, 4.69) is 6.58 Å². The van der Waals surface area contributed by atoms with Gasteiger partial charge in [0.25, 0.3) is 0 Å². The van der Waals surface area contributed by atoms with Crippen molar-refractivity contribution in [2.24, 2.45) is 0 Å². The number of methoxy groups -OCH3 is 1. The molecule has 0 spiro atoms. The van der Waals surface area contributed by atoms with Gasteiger partial charge < -0.3 is 4.74 Å². The summed E-state index contributed by atoms with van der Waals surface area (Å²) in [5, 5.41) is 0. The van der Waals surface area contributed by atoms with Crippen LogP contribution in [0.25, 0.3) is 0 Å². The smallest absolute Gasteiger partial charge is 0.118 e. The van der Waals surface area contributed by atoms with E-state index in [9.17, 15) is 0 Å². The van der Waals surface area contributed by atoms with E-state index in [0.29, 0.717) is 0 Å².